The van der Waals surface area contributed by atoms with E-state index in [0.29, 0.717) is 119 Å². The van der Waals surface area contributed by atoms with Crippen LogP contribution in [0.25, 0.3) is 0 Å². The maximum atomic E-state index is 11.2. The Morgan fingerprint density at radius 1 is 0.275 bits per heavy atom. The van der Waals surface area contributed by atoms with Gasteiger partial charge in [-0.2, -0.15) is 0 Å². The van der Waals surface area contributed by atoms with E-state index in [1.165, 1.54) is 96.3 Å². The third-order valence-electron chi connectivity index (χ3n) is 8.06. The Bertz CT molecular complexity index is 642. The molecule has 0 saturated heterocycles. The largest absolute Gasteiger partial charge is 0.463 e. The Balaban J connectivity index is 3.06. The molecule has 0 saturated carbocycles. The van der Waals surface area contributed by atoms with Crippen molar-refractivity contribution >= 4 is 5.97 Å². The normalized spacial score (nSPS) is 11.5. The first kappa shape index (κ1) is 50.1. The third-order valence-corrected chi connectivity index (χ3v) is 8.06. The highest BCUT2D eigenvalue weighted by Crippen LogP contribution is 2.13. The van der Waals surface area contributed by atoms with E-state index in [-0.39, 0.29) is 12.6 Å². The van der Waals surface area contributed by atoms with Gasteiger partial charge >= 0.3 is 5.97 Å². The molecule has 0 heterocycles. The lowest BCUT2D eigenvalue weighted by Gasteiger charge is -2.09. The first-order valence-electron chi connectivity index (χ1n) is 20.7. The Kier molecular flexibility index (Phi) is 46.3. The van der Waals surface area contributed by atoms with Gasteiger partial charge in [-0.3, -0.25) is 4.79 Å². The van der Waals surface area contributed by atoms with Gasteiger partial charge in [0.1, 0.15) is 6.61 Å². The third kappa shape index (κ3) is 47.1. The molecule has 0 fully saturated rings. The van der Waals surface area contributed by atoms with E-state index in [4.69, 9.17) is 47.4 Å². The summed E-state index contributed by atoms with van der Waals surface area (Å²) >= 11 is 0. The average Bonchev–Trinajstić information content (AvgIpc) is 3.13. The minimum atomic E-state index is -0.183. The van der Waals surface area contributed by atoms with Crippen LogP contribution < -0.4 is 0 Å². The number of carbonyl (C=O) groups excluding carboxylic acids is 1. The van der Waals surface area contributed by atoms with Crippen molar-refractivity contribution in [3.05, 3.63) is 0 Å². The highest BCUT2D eigenvalue weighted by atomic mass is 16.6. The van der Waals surface area contributed by atoms with E-state index in [1.807, 2.05) is 6.92 Å². The Morgan fingerprint density at radius 3 is 0.784 bits per heavy atom. The number of rotatable bonds is 46. The van der Waals surface area contributed by atoms with Gasteiger partial charge < -0.3 is 47.4 Å². The predicted molar refractivity (Wildman–Crippen MR) is 203 cm³/mol. The second kappa shape index (κ2) is 47.1. The fourth-order valence-corrected chi connectivity index (χ4v) is 5.10. The van der Waals surface area contributed by atoms with Gasteiger partial charge in [0, 0.05) is 13.0 Å². The summed E-state index contributed by atoms with van der Waals surface area (Å²) in [5.41, 5.74) is 0. The van der Waals surface area contributed by atoms with Crippen LogP contribution in [-0.4, -0.2) is 132 Å². The van der Waals surface area contributed by atoms with E-state index in [9.17, 15) is 4.79 Å². The molecule has 0 atom stereocenters. The van der Waals surface area contributed by atoms with Crippen molar-refractivity contribution in [3.63, 3.8) is 0 Å². The monoisotopic (exact) mass is 737 g/mol. The molecule has 0 aliphatic rings. The van der Waals surface area contributed by atoms with Crippen LogP contribution in [-0.2, 0) is 52.2 Å². The molecule has 0 spiro atoms. The van der Waals surface area contributed by atoms with Crippen molar-refractivity contribution in [1.82, 2.24) is 0 Å². The molecule has 0 amide bonds. The van der Waals surface area contributed by atoms with Crippen molar-refractivity contribution in [2.75, 3.05) is 126 Å². The molecule has 0 radical (unpaired) electrons. The number of carbonyl (C=O) groups is 1. The van der Waals surface area contributed by atoms with Gasteiger partial charge in [-0.15, -0.1) is 0 Å². The fraction of sp³-hybridized carbons (Fsp3) is 0.975. The lowest BCUT2D eigenvalue weighted by atomic mass is 10.0. The number of hydrogen-bond acceptors (Lipinski definition) is 11. The zero-order valence-corrected chi connectivity index (χ0v) is 33.2. The smallest absolute Gasteiger partial charge is 0.305 e. The van der Waals surface area contributed by atoms with Crippen molar-refractivity contribution in [2.24, 2.45) is 0 Å². The molecule has 0 unspecified atom stereocenters. The van der Waals surface area contributed by atoms with Gasteiger partial charge in [0.05, 0.1) is 112 Å². The van der Waals surface area contributed by atoms with Crippen LogP contribution in [0.2, 0.25) is 0 Å². The van der Waals surface area contributed by atoms with Crippen LogP contribution in [0.1, 0.15) is 129 Å². The summed E-state index contributed by atoms with van der Waals surface area (Å²) in [6.45, 7) is 14.2. The summed E-state index contributed by atoms with van der Waals surface area (Å²) in [5.74, 6) is -0.183. The van der Waals surface area contributed by atoms with E-state index in [0.717, 1.165) is 19.4 Å². The predicted octanol–water partition coefficient (Wildman–Crippen LogP) is 7.74. The topological polar surface area (TPSA) is 109 Å². The molecule has 306 valence electrons. The summed E-state index contributed by atoms with van der Waals surface area (Å²) in [5, 5.41) is 0. The summed E-state index contributed by atoms with van der Waals surface area (Å²) in [4.78, 5) is 11.2. The number of unbranched alkanes of at least 4 members (excludes halogenated alkanes) is 15. The number of hydrogen-bond donors (Lipinski definition) is 0. The van der Waals surface area contributed by atoms with Gasteiger partial charge in [-0.1, -0.05) is 110 Å². The van der Waals surface area contributed by atoms with Crippen molar-refractivity contribution in [3.8, 4) is 0 Å². The summed E-state index contributed by atoms with van der Waals surface area (Å²) in [6, 6.07) is 0. The average molecular weight is 737 g/mol. The molecular weight excluding hydrogens is 656 g/mol. The minimum absolute atomic E-state index is 0.183. The first-order chi connectivity index (χ1) is 25.3. The number of ether oxygens (including phenoxy) is 10. The van der Waals surface area contributed by atoms with Gasteiger partial charge in [0.25, 0.3) is 0 Å². The first-order valence-corrected chi connectivity index (χ1v) is 20.7. The van der Waals surface area contributed by atoms with Crippen molar-refractivity contribution in [2.45, 2.75) is 129 Å². The van der Waals surface area contributed by atoms with Crippen LogP contribution >= 0.6 is 0 Å². The summed E-state index contributed by atoms with van der Waals surface area (Å²) < 4.78 is 54.5. The van der Waals surface area contributed by atoms with Crippen LogP contribution in [0, 0.1) is 0 Å². The standard InChI is InChI=1S/C40H80O11/c1-3-5-6-7-8-9-10-11-12-13-14-15-16-17-18-19-21-42-22-23-43-24-25-44-26-27-45-28-29-46-30-31-47-32-33-48-34-35-49-36-37-50-38-39-51-40(41)20-4-2/h3-39H2,1-2H3. The zero-order chi connectivity index (χ0) is 36.8. The van der Waals surface area contributed by atoms with Gasteiger partial charge in [-0.05, 0) is 12.8 Å². The van der Waals surface area contributed by atoms with Gasteiger partial charge in [0.2, 0.25) is 0 Å². The van der Waals surface area contributed by atoms with E-state index < -0.39 is 0 Å². The quantitative estimate of drug-likeness (QED) is 0.0452. The summed E-state index contributed by atoms with van der Waals surface area (Å²) in [7, 11) is 0. The molecule has 0 N–H and O–H groups in total. The second-order valence-electron chi connectivity index (χ2n) is 12.8. The fourth-order valence-electron chi connectivity index (χ4n) is 5.10. The Hall–Kier alpha value is -0.890. The molecule has 0 aromatic heterocycles. The molecular formula is C40H80O11. The molecule has 0 aliphatic carbocycles. The minimum Gasteiger partial charge on any atom is -0.463 e. The highest BCUT2D eigenvalue weighted by Gasteiger charge is 2.00. The SMILES string of the molecule is CCCCCCCCCCCCCCCCCCOCCOCCOCCOCCOCCOCCOCCOCCOCCOC(=O)CCC. The van der Waals surface area contributed by atoms with E-state index >= 15 is 0 Å². The van der Waals surface area contributed by atoms with Gasteiger partial charge in [0.15, 0.2) is 0 Å². The molecule has 0 aliphatic heterocycles. The number of esters is 1. The Morgan fingerprint density at radius 2 is 0.510 bits per heavy atom. The van der Waals surface area contributed by atoms with Crippen molar-refractivity contribution < 1.29 is 52.2 Å². The molecule has 0 aromatic rings. The molecule has 51 heavy (non-hydrogen) atoms. The van der Waals surface area contributed by atoms with Crippen LogP contribution in [0.15, 0.2) is 0 Å². The lowest BCUT2D eigenvalue weighted by molar-refractivity contribution is -0.145. The molecule has 0 rings (SSSR count). The van der Waals surface area contributed by atoms with Crippen LogP contribution in [0.5, 0.6) is 0 Å². The Labute approximate surface area is 312 Å². The van der Waals surface area contributed by atoms with E-state index in [1.54, 1.807) is 0 Å². The maximum absolute atomic E-state index is 11.2. The zero-order valence-electron chi connectivity index (χ0n) is 33.2. The van der Waals surface area contributed by atoms with Crippen molar-refractivity contribution in [1.29, 1.82) is 0 Å². The van der Waals surface area contributed by atoms with Gasteiger partial charge in [-0.25, -0.2) is 0 Å². The highest BCUT2D eigenvalue weighted by molar-refractivity contribution is 5.69. The molecule has 11 heteroatoms. The molecule has 0 aromatic carbocycles. The van der Waals surface area contributed by atoms with Crippen LogP contribution in [0.4, 0.5) is 0 Å². The summed E-state index contributed by atoms with van der Waals surface area (Å²) in [6.07, 6.45) is 23.4. The lowest BCUT2D eigenvalue weighted by Crippen LogP contribution is -2.15. The molecule has 11 nitrogen and oxygen atoms in total. The van der Waals surface area contributed by atoms with E-state index in [2.05, 4.69) is 6.92 Å². The maximum Gasteiger partial charge on any atom is 0.305 e. The second-order valence-corrected chi connectivity index (χ2v) is 12.8. The van der Waals surface area contributed by atoms with Crippen LogP contribution in [0.3, 0.4) is 0 Å². The molecule has 0 bridgehead atoms.